The number of amides is 2. The van der Waals surface area contributed by atoms with Crippen molar-refractivity contribution in [3.63, 3.8) is 0 Å². The Hall–Kier alpha value is -3.12. The van der Waals surface area contributed by atoms with Gasteiger partial charge in [-0.25, -0.2) is 4.79 Å². The van der Waals surface area contributed by atoms with E-state index in [1.54, 1.807) is 42.5 Å². The number of likely N-dealkylation sites (N-methyl/N-ethyl adjacent to an activating group) is 2. The van der Waals surface area contributed by atoms with Gasteiger partial charge in [0.05, 0.1) is 22.7 Å². The summed E-state index contributed by atoms with van der Waals surface area (Å²) in [5.74, 6) is 0.585. The number of benzene rings is 3. The summed E-state index contributed by atoms with van der Waals surface area (Å²) in [7, 11) is 4.32. The third kappa shape index (κ3) is 8.61. The van der Waals surface area contributed by atoms with Crippen LogP contribution in [-0.2, 0) is 20.8 Å². The number of methoxy groups -OCH3 is 1. The Morgan fingerprint density at radius 2 is 1.67 bits per heavy atom. The summed E-state index contributed by atoms with van der Waals surface area (Å²) in [4.78, 5) is 31.5. The molecule has 49 heavy (non-hydrogen) atoms. The van der Waals surface area contributed by atoms with Gasteiger partial charge in [-0.1, -0.05) is 59.6 Å². The van der Waals surface area contributed by atoms with Gasteiger partial charge in [0.25, 0.3) is 0 Å². The first kappa shape index (κ1) is 37.1. The zero-order valence-electron chi connectivity index (χ0n) is 27.7. The SMILES string of the molecule is COc1cccc(OC(=O)N(C)[C@](CCCN2CCC3(CC2)SCc2ccccc23)(CN(C)C(=O)CC(F)(F)F)c2ccc(Cl)c(Cl)c2)c1. The molecule has 0 aromatic heterocycles. The molecule has 1 atom stereocenters. The first-order valence-electron chi connectivity index (χ1n) is 16.1. The van der Waals surface area contributed by atoms with Crippen LogP contribution in [0.4, 0.5) is 18.0 Å². The molecule has 264 valence electrons. The average Bonchev–Trinajstić information content (AvgIpc) is 3.43. The molecule has 2 aliphatic heterocycles. The van der Waals surface area contributed by atoms with E-state index in [1.165, 1.54) is 37.2 Å². The second-order valence-corrected chi connectivity index (χ2v) is 14.9. The van der Waals surface area contributed by atoms with Crippen molar-refractivity contribution in [1.29, 1.82) is 0 Å². The van der Waals surface area contributed by atoms with Crippen LogP contribution in [0.25, 0.3) is 0 Å². The molecule has 3 aromatic carbocycles. The van der Waals surface area contributed by atoms with E-state index in [-0.39, 0.29) is 33.5 Å². The second-order valence-electron chi connectivity index (χ2n) is 12.7. The van der Waals surface area contributed by atoms with Gasteiger partial charge in [-0.2, -0.15) is 13.2 Å². The Bertz CT molecular complexity index is 1650. The summed E-state index contributed by atoms with van der Waals surface area (Å²) in [6.07, 6.45) is -4.23. The van der Waals surface area contributed by atoms with E-state index in [0.29, 0.717) is 24.3 Å². The maximum absolute atomic E-state index is 13.9. The molecular formula is C36H40Cl2F3N3O4S. The van der Waals surface area contributed by atoms with Gasteiger partial charge < -0.3 is 19.3 Å². The lowest BCUT2D eigenvalue weighted by atomic mass is 9.82. The summed E-state index contributed by atoms with van der Waals surface area (Å²) in [5.41, 5.74) is 2.01. The monoisotopic (exact) mass is 737 g/mol. The highest BCUT2D eigenvalue weighted by atomic mass is 35.5. The van der Waals surface area contributed by atoms with Crippen LogP contribution in [0.3, 0.4) is 0 Å². The average molecular weight is 739 g/mol. The smallest absolute Gasteiger partial charge is 0.415 e. The van der Waals surface area contributed by atoms with E-state index in [2.05, 4.69) is 29.2 Å². The van der Waals surface area contributed by atoms with Crippen LogP contribution in [-0.4, -0.2) is 80.3 Å². The third-order valence-electron chi connectivity index (χ3n) is 9.64. The van der Waals surface area contributed by atoms with E-state index in [1.807, 2.05) is 11.8 Å². The predicted octanol–water partition coefficient (Wildman–Crippen LogP) is 8.76. The molecule has 5 rings (SSSR count). The maximum atomic E-state index is 13.9. The summed E-state index contributed by atoms with van der Waals surface area (Å²) in [6, 6.07) is 20.0. The number of likely N-dealkylation sites (tertiary alicyclic amines) is 1. The van der Waals surface area contributed by atoms with Gasteiger partial charge in [-0.15, -0.1) is 11.8 Å². The number of rotatable bonds is 11. The Kier molecular flexibility index (Phi) is 11.7. The minimum absolute atomic E-state index is 0.114. The number of thioether (sulfide) groups is 1. The zero-order valence-corrected chi connectivity index (χ0v) is 30.0. The fourth-order valence-electron chi connectivity index (χ4n) is 6.89. The number of hydrogen-bond donors (Lipinski definition) is 0. The normalized spacial score (nSPS) is 16.9. The number of carbonyl (C=O) groups is 2. The van der Waals surface area contributed by atoms with Gasteiger partial charge in [-0.05, 0) is 86.3 Å². The molecule has 1 saturated heterocycles. The molecule has 3 aromatic rings. The van der Waals surface area contributed by atoms with Crippen molar-refractivity contribution in [3.05, 3.63) is 93.5 Å². The number of nitrogens with zero attached hydrogens (tertiary/aromatic N) is 3. The Balaban J connectivity index is 1.41. The molecule has 0 N–H and O–H groups in total. The number of piperidine rings is 1. The standard InChI is InChI=1S/C36H40Cl2F3N3O4S/c1-42(32(45)22-36(39,40)41)24-34(26-12-13-30(37)31(38)20-26,43(2)33(46)48-28-10-6-9-27(21-28)47-3)14-7-17-44-18-15-35(16-19-44)29-11-5-4-8-25(29)23-49-35/h4-6,8-13,20-21H,7,14-19,22-24H2,1-3H3/t34-/m1/s1. The molecule has 0 aliphatic carbocycles. The number of alkyl halides is 3. The van der Waals surface area contributed by atoms with Crippen LogP contribution in [0.2, 0.25) is 10.0 Å². The van der Waals surface area contributed by atoms with Crippen LogP contribution < -0.4 is 9.47 Å². The van der Waals surface area contributed by atoms with Crippen molar-refractivity contribution in [3.8, 4) is 11.5 Å². The van der Waals surface area contributed by atoms with E-state index >= 15 is 0 Å². The number of carbonyl (C=O) groups excluding carboxylic acids is 2. The van der Waals surface area contributed by atoms with Crippen LogP contribution in [0.5, 0.6) is 11.5 Å². The minimum atomic E-state index is -4.70. The molecule has 2 heterocycles. The fourth-order valence-corrected chi connectivity index (χ4v) is 8.70. The minimum Gasteiger partial charge on any atom is -0.497 e. The molecule has 2 amide bonds. The molecule has 13 heteroatoms. The molecule has 0 saturated carbocycles. The summed E-state index contributed by atoms with van der Waals surface area (Å²) in [5, 5.41) is 0.481. The Morgan fingerprint density at radius 1 is 0.959 bits per heavy atom. The zero-order chi connectivity index (χ0) is 35.4. The maximum Gasteiger partial charge on any atom is 0.415 e. The van der Waals surface area contributed by atoms with E-state index in [9.17, 15) is 22.8 Å². The quantitative estimate of drug-likeness (QED) is 0.196. The van der Waals surface area contributed by atoms with Gasteiger partial charge >= 0.3 is 12.3 Å². The molecule has 1 fully saturated rings. The molecule has 7 nitrogen and oxygen atoms in total. The first-order chi connectivity index (χ1) is 23.2. The van der Waals surface area contributed by atoms with Crippen LogP contribution >= 0.6 is 35.0 Å². The number of ether oxygens (including phenoxy) is 2. The highest BCUT2D eigenvalue weighted by Gasteiger charge is 2.45. The van der Waals surface area contributed by atoms with Crippen LogP contribution in [0, 0.1) is 0 Å². The number of halogens is 5. The lowest BCUT2D eigenvalue weighted by molar-refractivity contribution is -0.161. The largest absolute Gasteiger partial charge is 0.497 e. The fraction of sp³-hybridized carbons (Fsp3) is 0.444. The van der Waals surface area contributed by atoms with Crippen molar-refractivity contribution >= 4 is 47.0 Å². The summed E-state index contributed by atoms with van der Waals surface area (Å²) >= 11 is 14.8. The molecule has 1 spiro atoms. The van der Waals surface area contributed by atoms with E-state index in [0.717, 1.165) is 36.6 Å². The third-order valence-corrected chi connectivity index (χ3v) is 12.0. The van der Waals surface area contributed by atoms with E-state index in [4.69, 9.17) is 32.7 Å². The number of fused-ring (bicyclic) bond motifs is 2. The van der Waals surface area contributed by atoms with Crippen molar-refractivity contribution in [2.24, 2.45) is 0 Å². The van der Waals surface area contributed by atoms with Gasteiger partial charge in [0, 0.05) is 37.2 Å². The molecule has 0 unspecified atom stereocenters. The first-order valence-corrected chi connectivity index (χ1v) is 17.8. The predicted molar refractivity (Wildman–Crippen MR) is 188 cm³/mol. The molecule has 2 aliphatic rings. The Morgan fingerprint density at radius 3 is 2.37 bits per heavy atom. The van der Waals surface area contributed by atoms with Gasteiger partial charge in [0.2, 0.25) is 5.91 Å². The molecular weight excluding hydrogens is 698 g/mol. The van der Waals surface area contributed by atoms with Crippen molar-refractivity contribution in [2.45, 2.75) is 54.3 Å². The van der Waals surface area contributed by atoms with Gasteiger partial charge in [0.15, 0.2) is 0 Å². The molecule has 0 radical (unpaired) electrons. The summed E-state index contributed by atoms with van der Waals surface area (Å²) in [6.45, 7) is 2.21. The van der Waals surface area contributed by atoms with Gasteiger partial charge in [-0.3, -0.25) is 9.69 Å². The van der Waals surface area contributed by atoms with Crippen molar-refractivity contribution < 1.29 is 32.2 Å². The Labute approximate surface area is 299 Å². The summed E-state index contributed by atoms with van der Waals surface area (Å²) < 4.78 is 51.1. The van der Waals surface area contributed by atoms with Crippen molar-refractivity contribution in [1.82, 2.24) is 14.7 Å². The highest BCUT2D eigenvalue weighted by molar-refractivity contribution is 7.99. The van der Waals surface area contributed by atoms with Crippen LogP contribution in [0.15, 0.2) is 66.7 Å². The molecule has 0 bridgehead atoms. The highest BCUT2D eigenvalue weighted by Crippen LogP contribution is 2.53. The lowest BCUT2D eigenvalue weighted by Gasteiger charge is -2.45. The topological polar surface area (TPSA) is 62.3 Å². The van der Waals surface area contributed by atoms with E-state index < -0.39 is 30.1 Å². The lowest BCUT2D eigenvalue weighted by Crippen LogP contribution is -2.55. The van der Waals surface area contributed by atoms with Gasteiger partial charge in [0.1, 0.15) is 17.9 Å². The second kappa shape index (κ2) is 15.4. The van der Waals surface area contributed by atoms with Crippen LogP contribution in [0.1, 0.15) is 48.8 Å². The number of hydrogen-bond acceptors (Lipinski definition) is 6. The van der Waals surface area contributed by atoms with Crippen molar-refractivity contribution in [2.75, 3.05) is 47.4 Å².